The van der Waals surface area contributed by atoms with E-state index in [9.17, 15) is 4.79 Å². The summed E-state index contributed by atoms with van der Waals surface area (Å²) in [6.07, 6.45) is 7.12. The van der Waals surface area contributed by atoms with Crippen LogP contribution >= 0.6 is 0 Å². The monoisotopic (exact) mass is 392 g/mol. The number of ether oxygens (including phenoxy) is 1. The van der Waals surface area contributed by atoms with Gasteiger partial charge in [-0.05, 0) is 45.0 Å². The van der Waals surface area contributed by atoms with Gasteiger partial charge in [-0.3, -0.25) is 9.36 Å². The number of anilines is 2. The van der Waals surface area contributed by atoms with E-state index in [-0.39, 0.29) is 18.1 Å². The average molecular weight is 392 g/mol. The van der Waals surface area contributed by atoms with Gasteiger partial charge in [0.25, 0.3) is 5.91 Å². The normalized spacial score (nSPS) is 19.2. The van der Waals surface area contributed by atoms with Gasteiger partial charge < -0.3 is 15.0 Å². The molecule has 3 aromatic heterocycles. The van der Waals surface area contributed by atoms with Gasteiger partial charge in [-0.15, -0.1) is 0 Å². The molecular formula is C21H24N6O2. The topological polar surface area (TPSA) is 85.2 Å². The number of imidazole rings is 1. The molecule has 1 aliphatic heterocycles. The highest BCUT2D eigenvalue weighted by atomic mass is 16.5. The summed E-state index contributed by atoms with van der Waals surface area (Å²) >= 11 is 0. The molecule has 4 heterocycles. The number of morpholine rings is 1. The Balaban J connectivity index is 1.41. The molecule has 29 heavy (non-hydrogen) atoms. The van der Waals surface area contributed by atoms with Crippen molar-refractivity contribution in [2.45, 2.75) is 33.0 Å². The molecule has 0 spiro atoms. The molecule has 2 unspecified atom stereocenters. The quantitative estimate of drug-likeness (QED) is 0.735. The lowest BCUT2D eigenvalue weighted by atomic mass is 10.2. The molecule has 1 N–H and O–H groups in total. The highest BCUT2D eigenvalue weighted by molar-refractivity contribution is 6.04. The van der Waals surface area contributed by atoms with Crippen molar-refractivity contribution in [3.05, 3.63) is 60.4 Å². The fourth-order valence-electron chi connectivity index (χ4n) is 3.50. The molecule has 1 amide bonds. The molecule has 2 atom stereocenters. The predicted octanol–water partition coefficient (Wildman–Crippen LogP) is 2.84. The standard InChI is InChI=1S/C21H24N6O2/c1-14-12-26(13-15(2)29-14)19-6-4-17(10-23-19)21(28)25-18-5-7-20(24-11-18)27-9-8-22-16(27)3/h4-11,14-15H,12-13H2,1-3H3,(H,25,28). The Labute approximate surface area is 169 Å². The van der Waals surface area contributed by atoms with Crippen molar-refractivity contribution >= 4 is 17.4 Å². The number of rotatable bonds is 4. The Morgan fingerprint density at radius 2 is 1.76 bits per heavy atom. The highest BCUT2D eigenvalue weighted by Crippen LogP contribution is 2.19. The molecule has 0 aliphatic carbocycles. The number of nitrogens with one attached hydrogen (secondary N) is 1. The van der Waals surface area contributed by atoms with E-state index in [0.29, 0.717) is 11.3 Å². The van der Waals surface area contributed by atoms with E-state index >= 15 is 0 Å². The number of amides is 1. The molecule has 0 bridgehead atoms. The van der Waals surface area contributed by atoms with Gasteiger partial charge in [-0.1, -0.05) is 0 Å². The van der Waals surface area contributed by atoms with Crippen molar-refractivity contribution in [2.24, 2.45) is 0 Å². The zero-order chi connectivity index (χ0) is 20.4. The smallest absolute Gasteiger partial charge is 0.257 e. The largest absolute Gasteiger partial charge is 0.372 e. The third-order valence-corrected chi connectivity index (χ3v) is 4.83. The van der Waals surface area contributed by atoms with Gasteiger partial charge in [-0.2, -0.15) is 0 Å². The number of carbonyl (C=O) groups excluding carboxylic acids is 1. The Hall–Kier alpha value is -3.26. The Bertz CT molecular complexity index is 973. The van der Waals surface area contributed by atoms with Gasteiger partial charge in [0.05, 0.1) is 29.7 Å². The molecule has 1 aliphatic rings. The number of aromatic nitrogens is 4. The first-order chi connectivity index (χ1) is 14.0. The molecule has 1 saturated heterocycles. The van der Waals surface area contributed by atoms with E-state index in [1.54, 1.807) is 24.7 Å². The summed E-state index contributed by atoms with van der Waals surface area (Å²) in [5, 5.41) is 2.86. The summed E-state index contributed by atoms with van der Waals surface area (Å²) in [7, 11) is 0. The van der Waals surface area contributed by atoms with Gasteiger partial charge >= 0.3 is 0 Å². The van der Waals surface area contributed by atoms with Crippen LogP contribution in [0.2, 0.25) is 0 Å². The van der Waals surface area contributed by atoms with E-state index < -0.39 is 0 Å². The van der Waals surface area contributed by atoms with Crippen LogP contribution in [0, 0.1) is 6.92 Å². The summed E-state index contributed by atoms with van der Waals surface area (Å²) in [4.78, 5) is 27.8. The van der Waals surface area contributed by atoms with Gasteiger partial charge in [0, 0.05) is 31.7 Å². The summed E-state index contributed by atoms with van der Waals surface area (Å²) in [5.41, 5.74) is 1.12. The summed E-state index contributed by atoms with van der Waals surface area (Å²) in [5.74, 6) is 2.23. The third-order valence-electron chi connectivity index (χ3n) is 4.83. The minimum atomic E-state index is -0.221. The molecular weight excluding hydrogens is 368 g/mol. The van der Waals surface area contributed by atoms with Gasteiger partial charge in [0.2, 0.25) is 0 Å². The maximum Gasteiger partial charge on any atom is 0.257 e. The molecule has 8 heteroatoms. The van der Waals surface area contributed by atoms with Crippen LogP contribution in [0.15, 0.2) is 49.1 Å². The zero-order valence-corrected chi connectivity index (χ0v) is 16.7. The predicted molar refractivity (Wildman–Crippen MR) is 111 cm³/mol. The molecule has 4 rings (SSSR count). The number of nitrogens with zero attached hydrogens (tertiary/aromatic N) is 5. The molecule has 8 nitrogen and oxygen atoms in total. The molecule has 0 radical (unpaired) electrons. The van der Waals surface area contributed by atoms with E-state index in [0.717, 1.165) is 30.5 Å². The number of pyridine rings is 2. The summed E-state index contributed by atoms with van der Waals surface area (Å²) < 4.78 is 7.64. The van der Waals surface area contributed by atoms with Crippen molar-refractivity contribution < 1.29 is 9.53 Å². The second-order valence-corrected chi connectivity index (χ2v) is 7.27. The SMILES string of the molecule is Cc1nccn1-c1ccc(NC(=O)c2ccc(N3CC(C)OC(C)C3)nc2)cn1. The molecule has 150 valence electrons. The minimum Gasteiger partial charge on any atom is -0.372 e. The van der Waals surface area contributed by atoms with E-state index in [1.807, 2.05) is 35.9 Å². The Kier molecular flexibility index (Phi) is 5.26. The first-order valence-electron chi connectivity index (χ1n) is 9.64. The lowest BCUT2D eigenvalue weighted by molar-refractivity contribution is -0.00546. The van der Waals surface area contributed by atoms with Crippen LogP contribution in [-0.4, -0.2) is 50.7 Å². The van der Waals surface area contributed by atoms with Crippen LogP contribution in [0.25, 0.3) is 5.82 Å². The van der Waals surface area contributed by atoms with Crippen molar-refractivity contribution in [2.75, 3.05) is 23.3 Å². The lowest BCUT2D eigenvalue weighted by Gasteiger charge is -2.36. The zero-order valence-electron chi connectivity index (χ0n) is 16.7. The van der Waals surface area contributed by atoms with Crippen molar-refractivity contribution in [1.82, 2.24) is 19.5 Å². The van der Waals surface area contributed by atoms with Crippen molar-refractivity contribution in [3.63, 3.8) is 0 Å². The van der Waals surface area contributed by atoms with Crippen LogP contribution in [0.5, 0.6) is 0 Å². The third kappa shape index (κ3) is 4.27. The average Bonchev–Trinajstić information content (AvgIpc) is 3.14. The number of hydrogen-bond acceptors (Lipinski definition) is 6. The highest BCUT2D eigenvalue weighted by Gasteiger charge is 2.23. The van der Waals surface area contributed by atoms with E-state index in [2.05, 4.69) is 39.0 Å². The van der Waals surface area contributed by atoms with Crippen molar-refractivity contribution in [1.29, 1.82) is 0 Å². The molecule has 3 aromatic rings. The van der Waals surface area contributed by atoms with E-state index in [1.165, 1.54) is 0 Å². The first-order valence-corrected chi connectivity index (χ1v) is 9.64. The van der Waals surface area contributed by atoms with Gasteiger partial charge in [-0.25, -0.2) is 15.0 Å². The second kappa shape index (κ2) is 8.00. The molecule has 0 saturated carbocycles. The van der Waals surface area contributed by atoms with E-state index in [4.69, 9.17) is 4.74 Å². The van der Waals surface area contributed by atoms with Crippen LogP contribution in [-0.2, 0) is 4.74 Å². The van der Waals surface area contributed by atoms with Crippen LogP contribution in [0.1, 0.15) is 30.0 Å². The first kappa shape index (κ1) is 19.1. The van der Waals surface area contributed by atoms with Crippen LogP contribution in [0.4, 0.5) is 11.5 Å². The Morgan fingerprint density at radius 1 is 1.03 bits per heavy atom. The lowest BCUT2D eigenvalue weighted by Crippen LogP contribution is -2.45. The van der Waals surface area contributed by atoms with Gasteiger partial charge in [0.15, 0.2) is 0 Å². The maximum atomic E-state index is 12.5. The minimum absolute atomic E-state index is 0.158. The van der Waals surface area contributed by atoms with Gasteiger partial charge in [0.1, 0.15) is 17.5 Å². The van der Waals surface area contributed by atoms with Crippen LogP contribution < -0.4 is 10.2 Å². The fourth-order valence-corrected chi connectivity index (χ4v) is 3.50. The summed E-state index contributed by atoms with van der Waals surface area (Å²) in [6, 6.07) is 7.33. The number of carbonyl (C=O) groups is 1. The second-order valence-electron chi connectivity index (χ2n) is 7.27. The number of aryl methyl sites for hydroxylation is 1. The Morgan fingerprint density at radius 3 is 2.34 bits per heavy atom. The molecule has 0 aromatic carbocycles. The molecule has 1 fully saturated rings. The van der Waals surface area contributed by atoms with Crippen molar-refractivity contribution in [3.8, 4) is 5.82 Å². The van der Waals surface area contributed by atoms with Crippen LogP contribution in [0.3, 0.4) is 0 Å². The fraction of sp³-hybridized carbons (Fsp3) is 0.333. The number of hydrogen-bond donors (Lipinski definition) is 1. The maximum absolute atomic E-state index is 12.5. The summed E-state index contributed by atoms with van der Waals surface area (Å²) in [6.45, 7) is 7.59.